The standard InChI is InChI=1S/C15H17N5/c1-2-18-14(9-12-3-5-16-6-4-12)13-10-19-20-8-7-17-11-15(13)20/h3-8,10-11,14,18H,2,9H2,1H3. The summed E-state index contributed by atoms with van der Waals surface area (Å²) in [7, 11) is 0. The van der Waals surface area contributed by atoms with Crippen LogP contribution in [-0.4, -0.2) is 26.1 Å². The molecule has 1 atom stereocenters. The van der Waals surface area contributed by atoms with Crippen molar-refractivity contribution in [3.63, 3.8) is 0 Å². The van der Waals surface area contributed by atoms with E-state index >= 15 is 0 Å². The van der Waals surface area contributed by atoms with Crippen molar-refractivity contribution in [2.24, 2.45) is 0 Å². The SMILES string of the molecule is CCNC(Cc1ccncc1)c1cnn2ccncc12. The van der Waals surface area contributed by atoms with E-state index in [-0.39, 0.29) is 6.04 Å². The second-order valence-electron chi connectivity index (χ2n) is 4.68. The van der Waals surface area contributed by atoms with Gasteiger partial charge in [0.2, 0.25) is 0 Å². The fourth-order valence-electron chi connectivity index (χ4n) is 2.41. The minimum absolute atomic E-state index is 0.226. The van der Waals surface area contributed by atoms with Crippen molar-refractivity contribution >= 4 is 5.52 Å². The van der Waals surface area contributed by atoms with Gasteiger partial charge in [0.25, 0.3) is 0 Å². The van der Waals surface area contributed by atoms with Crippen LogP contribution in [0.15, 0.2) is 49.3 Å². The first kappa shape index (κ1) is 12.7. The Labute approximate surface area is 117 Å². The van der Waals surface area contributed by atoms with Crippen LogP contribution in [0.2, 0.25) is 0 Å². The van der Waals surface area contributed by atoms with E-state index in [9.17, 15) is 0 Å². The zero-order valence-electron chi connectivity index (χ0n) is 11.4. The highest BCUT2D eigenvalue weighted by molar-refractivity contribution is 5.53. The van der Waals surface area contributed by atoms with Crippen molar-refractivity contribution in [1.29, 1.82) is 0 Å². The second-order valence-corrected chi connectivity index (χ2v) is 4.68. The average molecular weight is 267 g/mol. The molecule has 0 aliphatic carbocycles. The third-order valence-corrected chi connectivity index (χ3v) is 3.37. The van der Waals surface area contributed by atoms with Gasteiger partial charge >= 0.3 is 0 Å². The molecule has 5 nitrogen and oxygen atoms in total. The van der Waals surface area contributed by atoms with Gasteiger partial charge in [-0.1, -0.05) is 6.92 Å². The molecule has 3 rings (SSSR count). The fourth-order valence-corrected chi connectivity index (χ4v) is 2.41. The number of hydrogen-bond donors (Lipinski definition) is 1. The molecule has 0 aliphatic rings. The molecule has 0 amide bonds. The smallest absolute Gasteiger partial charge is 0.0892 e. The van der Waals surface area contributed by atoms with Crippen LogP contribution in [0, 0.1) is 0 Å². The Hall–Kier alpha value is -2.27. The Bertz CT molecular complexity index is 677. The second kappa shape index (κ2) is 5.79. The van der Waals surface area contributed by atoms with E-state index < -0.39 is 0 Å². The molecule has 0 aliphatic heterocycles. The Morgan fingerprint density at radius 2 is 2.00 bits per heavy atom. The maximum atomic E-state index is 4.39. The van der Waals surface area contributed by atoms with E-state index in [0.717, 1.165) is 18.5 Å². The summed E-state index contributed by atoms with van der Waals surface area (Å²) in [5, 5.41) is 7.91. The van der Waals surface area contributed by atoms with Crippen LogP contribution >= 0.6 is 0 Å². The Morgan fingerprint density at radius 1 is 1.15 bits per heavy atom. The maximum absolute atomic E-state index is 4.39. The van der Waals surface area contributed by atoms with Gasteiger partial charge in [-0.05, 0) is 30.7 Å². The summed E-state index contributed by atoms with van der Waals surface area (Å²) in [6, 6.07) is 4.33. The van der Waals surface area contributed by atoms with E-state index in [2.05, 4.69) is 27.3 Å². The normalized spacial score (nSPS) is 12.7. The largest absolute Gasteiger partial charge is 0.310 e. The molecule has 0 spiro atoms. The third-order valence-electron chi connectivity index (χ3n) is 3.37. The summed E-state index contributed by atoms with van der Waals surface area (Å²) in [5.41, 5.74) is 3.48. The minimum atomic E-state index is 0.226. The summed E-state index contributed by atoms with van der Waals surface area (Å²) < 4.78 is 1.86. The van der Waals surface area contributed by atoms with Crippen molar-refractivity contribution < 1.29 is 0 Å². The van der Waals surface area contributed by atoms with Crippen LogP contribution in [0.3, 0.4) is 0 Å². The first-order chi connectivity index (χ1) is 9.88. The van der Waals surface area contributed by atoms with Crippen molar-refractivity contribution in [2.75, 3.05) is 6.54 Å². The van der Waals surface area contributed by atoms with Gasteiger partial charge in [0, 0.05) is 36.4 Å². The molecule has 3 aromatic rings. The maximum Gasteiger partial charge on any atom is 0.0892 e. The lowest BCUT2D eigenvalue weighted by atomic mass is 10.0. The van der Waals surface area contributed by atoms with E-state index in [1.54, 1.807) is 6.20 Å². The molecular formula is C15H17N5. The Kier molecular flexibility index (Phi) is 3.69. The summed E-state index contributed by atoms with van der Waals surface area (Å²) in [5.74, 6) is 0. The highest BCUT2D eigenvalue weighted by atomic mass is 15.2. The molecule has 0 fully saturated rings. The molecule has 0 saturated carbocycles. The minimum Gasteiger partial charge on any atom is -0.310 e. The van der Waals surface area contributed by atoms with Crippen LogP contribution in [0.5, 0.6) is 0 Å². The summed E-state index contributed by atoms with van der Waals surface area (Å²) >= 11 is 0. The number of aromatic nitrogens is 4. The van der Waals surface area contributed by atoms with E-state index in [1.807, 2.05) is 47.6 Å². The van der Waals surface area contributed by atoms with Gasteiger partial charge in [-0.15, -0.1) is 0 Å². The highest BCUT2D eigenvalue weighted by Gasteiger charge is 2.16. The van der Waals surface area contributed by atoms with Crippen molar-refractivity contribution in [1.82, 2.24) is 24.9 Å². The zero-order chi connectivity index (χ0) is 13.8. The molecule has 1 unspecified atom stereocenters. The summed E-state index contributed by atoms with van der Waals surface area (Å²) in [4.78, 5) is 8.26. The quantitative estimate of drug-likeness (QED) is 0.768. The summed E-state index contributed by atoms with van der Waals surface area (Å²) in [6.45, 7) is 3.02. The Balaban J connectivity index is 1.94. The molecule has 0 bridgehead atoms. The van der Waals surface area contributed by atoms with Crippen LogP contribution in [0.4, 0.5) is 0 Å². The van der Waals surface area contributed by atoms with E-state index in [1.165, 1.54) is 11.1 Å². The lowest BCUT2D eigenvalue weighted by molar-refractivity contribution is 0.553. The number of fused-ring (bicyclic) bond motifs is 1. The third kappa shape index (κ3) is 2.53. The molecule has 5 heteroatoms. The van der Waals surface area contributed by atoms with E-state index in [0.29, 0.717) is 0 Å². The molecule has 3 aromatic heterocycles. The van der Waals surface area contributed by atoms with Gasteiger partial charge in [0.15, 0.2) is 0 Å². The number of nitrogens with one attached hydrogen (secondary N) is 1. The lowest BCUT2D eigenvalue weighted by Gasteiger charge is -2.17. The molecule has 20 heavy (non-hydrogen) atoms. The molecular weight excluding hydrogens is 250 g/mol. The Morgan fingerprint density at radius 3 is 2.80 bits per heavy atom. The van der Waals surface area contributed by atoms with Crippen LogP contribution in [0.1, 0.15) is 24.1 Å². The molecule has 3 heterocycles. The highest BCUT2D eigenvalue weighted by Crippen LogP contribution is 2.22. The van der Waals surface area contributed by atoms with Gasteiger partial charge in [0.1, 0.15) is 0 Å². The van der Waals surface area contributed by atoms with Crippen molar-refractivity contribution in [3.8, 4) is 0 Å². The monoisotopic (exact) mass is 267 g/mol. The predicted molar refractivity (Wildman–Crippen MR) is 77.3 cm³/mol. The molecule has 0 saturated heterocycles. The van der Waals surface area contributed by atoms with Crippen molar-refractivity contribution in [3.05, 3.63) is 60.4 Å². The van der Waals surface area contributed by atoms with Gasteiger partial charge in [-0.2, -0.15) is 5.10 Å². The van der Waals surface area contributed by atoms with Gasteiger partial charge < -0.3 is 5.32 Å². The predicted octanol–water partition coefficient (Wildman–Crippen LogP) is 2.02. The van der Waals surface area contributed by atoms with Gasteiger partial charge in [0.05, 0.1) is 17.9 Å². The first-order valence-electron chi connectivity index (χ1n) is 6.78. The number of rotatable bonds is 5. The molecule has 102 valence electrons. The lowest BCUT2D eigenvalue weighted by Crippen LogP contribution is -2.22. The van der Waals surface area contributed by atoms with Crippen molar-refractivity contribution in [2.45, 2.75) is 19.4 Å². The molecule has 0 radical (unpaired) electrons. The van der Waals surface area contributed by atoms with E-state index in [4.69, 9.17) is 0 Å². The van der Waals surface area contributed by atoms with Crippen LogP contribution < -0.4 is 5.32 Å². The molecule has 1 N–H and O–H groups in total. The van der Waals surface area contributed by atoms with Crippen LogP contribution in [0.25, 0.3) is 5.52 Å². The fraction of sp³-hybridized carbons (Fsp3) is 0.267. The number of nitrogens with zero attached hydrogens (tertiary/aromatic N) is 4. The molecule has 0 aromatic carbocycles. The van der Waals surface area contributed by atoms with Gasteiger partial charge in [-0.3, -0.25) is 9.97 Å². The first-order valence-corrected chi connectivity index (χ1v) is 6.78. The van der Waals surface area contributed by atoms with Gasteiger partial charge in [-0.25, -0.2) is 4.52 Å². The zero-order valence-corrected chi connectivity index (χ0v) is 11.4. The summed E-state index contributed by atoms with van der Waals surface area (Å²) in [6.07, 6.45) is 12.0. The topological polar surface area (TPSA) is 55.1 Å². The number of hydrogen-bond acceptors (Lipinski definition) is 4. The van der Waals surface area contributed by atoms with Crippen LogP contribution in [-0.2, 0) is 6.42 Å². The average Bonchev–Trinajstić information content (AvgIpc) is 2.92. The number of pyridine rings is 1. The number of likely N-dealkylation sites (N-methyl/N-ethyl adjacent to an activating group) is 1.